The molecule has 0 fully saturated rings. The Morgan fingerprint density at radius 3 is 2.69 bits per heavy atom. The van der Waals surface area contributed by atoms with Gasteiger partial charge in [0.1, 0.15) is 0 Å². The Balaban J connectivity index is 2.43. The zero-order chi connectivity index (χ0) is 9.42. The van der Waals surface area contributed by atoms with E-state index in [1.54, 1.807) is 0 Å². The lowest BCUT2D eigenvalue weighted by atomic mass is 10.1. The van der Waals surface area contributed by atoms with Crippen molar-refractivity contribution in [2.45, 2.75) is 19.6 Å². The maximum atomic E-state index is 2.35. The molecule has 2 heteroatoms. The summed E-state index contributed by atoms with van der Waals surface area (Å²) in [6.45, 7) is 3.29. The lowest BCUT2D eigenvalue weighted by Gasteiger charge is -2.40. The second-order valence-electron chi connectivity index (χ2n) is 3.79. The number of anilines is 1. The summed E-state index contributed by atoms with van der Waals surface area (Å²) in [5.41, 5.74) is 2.79. The molecular formula is C11H16N2. The summed E-state index contributed by atoms with van der Waals surface area (Å²) >= 11 is 0. The Hall–Kier alpha value is -1.02. The van der Waals surface area contributed by atoms with E-state index < -0.39 is 0 Å². The van der Waals surface area contributed by atoms with Gasteiger partial charge in [-0.1, -0.05) is 18.2 Å². The number of hydrogen-bond acceptors (Lipinski definition) is 2. The Bertz CT molecular complexity index is 309. The highest BCUT2D eigenvalue weighted by molar-refractivity contribution is 5.55. The summed E-state index contributed by atoms with van der Waals surface area (Å²) in [5, 5.41) is 0. The predicted octanol–water partition coefficient (Wildman–Crippen LogP) is 1.91. The van der Waals surface area contributed by atoms with Crippen LogP contribution in [0.3, 0.4) is 0 Å². The fourth-order valence-corrected chi connectivity index (χ4v) is 1.89. The van der Waals surface area contributed by atoms with E-state index in [0.29, 0.717) is 6.17 Å². The van der Waals surface area contributed by atoms with Crippen LogP contribution in [0.1, 0.15) is 12.5 Å². The van der Waals surface area contributed by atoms with E-state index in [1.165, 1.54) is 11.3 Å². The average Bonchev–Trinajstić information content (AvgIpc) is 2.15. The van der Waals surface area contributed by atoms with Gasteiger partial charge in [-0.25, -0.2) is 0 Å². The Morgan fingerprint density at radius 1 is 1.23 bits per heavy atom. The maximum absolute atomic E-state index is 2.35. The molecule has 1 aliphatic heterocycles. The topological polar surface area (TPSA) is 6.48 Å². The second kappa shape index (κ2) is 3.04. The highest BCUT2D eigenvalue weighted by Crippen LogP contribution is 2.27. The molecule has 0 aromatic heterocycles. The molecule has 2 nitrogen and oxygen atoms in total. The lowest BCUT2D eigenvalue weighted by molar-refractivity contribution is 0.234. The summed E-state index contributed by atoms with van der Waals surface area (Å²) in [6, 6.07) is 8.61. The molecule has 1 aliphatic rings. The predicted molar refractivity (Wildman–Crippen MR) is 55.8 cm³/mol. The molecule has 13 heavy (non-hydrogen) atoms. The molecule has 1 aromatic rings. The van der Waals surface area contributed by atoms with E-state index >= 15 is 0 Å². The zero-order valence-electron chi connectivity index (χ0n) is 8.49. The first kappa shape index (κ1) is 8.57. The van der Waals surface area contributed by atoms with Crippen LogP contribution in [0.2, 0.25) is 0 Å². The highest BCUT2D eigenvalue weighted by Gasteiger charge is 2.22. The van der Waals surface area contributed by atoms with E-state index in [9.17, 15) is 0 Å². The van der Waals surface area contributed by atoms with E-state index in [-0.39, 0.29) is 0 Å². The van der Waals surface area contributed by atoms with Gasteiger partial charge in [-0.2, -0.15) is 0 Å². The molecule has 1 aromatic carbocycles. The van der Waals surface area contributed by atoms with Gasteiger partial charge < -0.3 is 4.90 Å². The van der Waals surface area contributed by atoms with Crippen molar-refractivity contribution < 1.29 is 0 Å². The van der Waals surface area contributed by atoms with Crippen LogP contribution in [-0.2, 0) is 6.54 Å². The van der Waals surface area contributed by atoms with Crippen molar-refractivity contribution >= 4 is 5.69 Å². The van der Waals surface area contributed by atoms with Crippen molar-refractivity contribution in [1.29, 1.82) is 0 Å². The minimum atomic E-state index is 0.495. The molecule has 0 amide bonds. The third-order valence-electron chi connectivity index (χ3n) is 2.99. The fourth-order valence-electron chi connectivity index (χ4n) is 1.89. The van der Waals surface area contributed by atoms with Gasteiger partial charge in [0, 0.05) is 19.3 Å². The van der Waals surface area contributed by atoms with Crippen molar-refractivity contribution in [2.75, 3.05) is 19.0 Å². The van der Waals surface area contributed by atoms with E-state index in [4.69, 9.17) is 0 Å². The fraction of sp³-hybridized carbons (Fsp3) is 0.455. The summed E-state index contributed by atoms with van der Waals surface area (Å²) in [5.74, 6) is 0. The molecule has 0 aliphatic carbocycles. The van der Waals surface area contributed by atoms with Crippen molar-refractivity contribution in [2.24, 2.45) is 0 Å². The van der Waals surface area contributed by atoms with Crippen LogP contribution in [-0.4, -0.2) is 25.2 Å². The third kappa shape index (κ3) is 1.31. The molecule has 0 unspecified atom stereocenters. The number of rotatable bonds is 0. The van der Waals surface area contributed by atoms with Crippen LogP contribution in [0.15, 0.2) is 24.3 Å². The maximum Gasteiger partial charge on any atom is 0.0789 e. The molecule has 1 atom stereocenters. The lowest BCUT2D eigenvalue weighted by Crippen LogP contribution is -2.46. The number of benzene rings is 1. The van der Waals surface area contributed by atoms with Gasteiger partial charge >= 0.3 is 0 Å². The molecule has 70 valence electrons. The number of nitrogens with zero attached hydrogens (tertiary/aromatic N) is 2. The van der Waals surface area contributed by atoms with Crippen LogP contribution in [0.5, 0.6) is 0 Å². The smallest absolute Gasteiger partial charge is 0.0789 e. The van der Waals surface area contributed by atoms with Crippen molar-refractivity contribution in [3.05, 3.63) is 29.8 Å². The number of para-hydroxylation sites is 1. The van der Waals surface area contributed by atoms with Crippen LogP contribution in [0.25, 0.3) is 0 Å². The minimum absolute atomic E-state index is 0.495. The van der Waals surface area contributed by atoms with Gasteiger partial charge in [-0.15, -0.1) is 0 Å². The normalized spacial score (nSPS) is 23.0. The van der Waals surface area contributed by atoms with Gasteiger partial charge in [0.2, 0.25) is 0 Å². The average molecular weight is 176 g/mol. The van der Waals surface area contributed by atoms with Gasteiger partial charge in [0.15, 0.2) is 0 Å². The zero-order valence-corrected chi connectivity index (χ0v) is 8.49. The highest BCUT2D eigenvalue weighted by atomic mass is 15.3. The van der Waals surface area contributed by atoms with Gasteiger partial charge in [0.25, 0.3) is 0 Å². The van der Waals surface area contributed by atoms with Crippen LogP contribution >= 0.6 is 0 Å². The van der Waals surface area contributed by atoms with Crippen LogP contribution < -0.4 is 4.90 Å². The molecule has 0 bridgehead atoms. The van der Waals surface area contributed by atoms with E-state index in [2.05, 4.69) is 55.1 Å². The first-order chi connectivity index (χ1) is 6.20. The van der Waals surface area contributed by atoms with Gasteiger partial charge in [-0.3, -0.25) is 4.90 Å². The molecular weight excluding hydrogens is 160 g/mol. The Morgan fingerprint density at radius 2 is 1.92 bits per heavy atom. The SMILES string of the molecule is C[C@@H]1N(C)Cc2ccccc2N1C. The van der Waals surface area contributed by atoms with Crippen molar-refractivity contribution in [1.82, 2.24) is 4.90 Å². The Labute approximate surface area is 79.8 Å². The molecule has 0 saturated heterocycles. The molecule has 2 rings (SSSR count). The summed E-state index contributed by atoms with van der Waals surface area (Å²) in [7, 11) is 4.32. The molecule has 0 saturated carbocycles. The summed E-state index contributed by atoms with van der Waals surface area (Å²) in [6.07, 6.45) is 0.495. The third-order valence-corrected chi connectivity index (χ3v) is 2.99. The number of hydrogen-bond donors (Lipinski definition) is 0. The molecule has 0 radical (unpaired) electrons. The molecule has 1 heterocycles. The van der Waals surface area contributed by atoms with Gasteiger partial charge in [-0.05, 0) is 25.6 Å². The second-order valence-corrected chi connectivity index (χ2v) is 3.79. The summed E-state index contributed by atoms with van der Waals surface area (Å²) in [4.78, 5) is 4.67. The van der Waals surface area contributed by atoms with E-state index in [1.807, 2.05) is 0 Å². The molecule has 0 N–H and O–H groups in total. The van der Waals surface area contributed by atoms with Crippen molar-refractivity contribution in [3.63, 3.8) is 0 Å². The monoisotopic (exact) mass is 176 g/mol. The summed E-state index contributed by atoms with van der Waals surface area (Å²) < 4.78 is 0. The first-order valence-electron chi connectivity index (χ1n) is 4.71. The quantitative estimate of drug-likeness (QED) is 0.596. The van der Waals surface area contributed by atoms with Crippen LogP contribution in [0.4, 0.5) is 5.69 Å². The largest absolute Gasteiger partial charge is 0.359 e. The first-order valence-corrected chi connectivity index (χ1v) is 4.71. The minimum Gasteiger partial charge on any atom is -0.359 e. The standard InChI is InChI=1S/C11H16N2/c1-9-12(2)8-10-6-4-5-7-11(10)13(9)3/h4-7,9H,8H2,1-3H3/t9-/m1/s1. The van der Waals surface area contributed by atoms with Crippen LogP contribution in [0, 0.1) is 0 Å². The molecule has 0 spiro atoms. The van der Waals surface area contributed by atoms with E-state index in [0.717, 1.165) is 6.54 Å². The number of fused-ring (bicyclic) bond motifs is 1. The Kier molecular flexibility index (Phi) is 2.00. The van der Waals surface area contributed by atoms with Gasteiger partial charge in [0.05, 0.1) is 6.17 Å². The van der Waals surface area contributed by atoms with Crippen molar-refractivity contribution in [3.8, 4) is 0 Å².